The quantitative estimate of drug-likeness (QED) is 0.0195. The van der Waals surface area contributed by atoms with Crippen molar-refractivity contribution >= 4 is 11.9 Å². The zero-order valence-corrected chi connectivity index (χ0v) is 53.1. The number of ether oxygens (including phenoxy) is 3. The maximum Gasteiger partial charge on any atom is 0.305 e. The van der Waals surface area contributed by atoms with Gasteiger partial charge >= 0.3 is 5.97 Å². The molecule has 0 aromatic rings. The van der Waals surface area contributed by atoms with Gasteiger partial charge in [0.2, 0.25) is 5.91 Å². The average Bonchev–Trinajstić information content (AvgIpc) is 3.51. The van der Waals surface area contributed by atoms with E-state index in [2.05, 4.69) is 92.1 Å². The Morgan fingerprint density at radius 2 is 0.819 bits per heavy atom. The van der Waals surface area contributed by atoms with Crippen molar-refractivity contribution in [2.75, 3.05) is 19.8 Å². The minimum absolute atomic E-state index is 0.0127. The lowest BCUT2D eigenvalue weighted by Gasteiger charge is -2.40. The predicted octanol–water partition coefficient (Wildman–Crippen LogP) is 17.3. The normalized spacial score (nSPS) is 18.7. The van der Waals surface area contributed by atoms with Crippen molar-refractivity contribution in [2.24, 2.45) is 0 Å². The number of hydrogen-bond donors (Lipinski definition) is 6. The summed E-state index contributed by atoms with van der Waals surface area (Å²) in [5.74, 6) is -0.212. The average molecular weight is 1170 g/mol. The van der Waals surface area contributed by atoms with E-state index in [1.807, 2.05) is 6.08 Å². The van der Waals surface area contributed by atoms with Crippen molar-refractivity contribution in [3.8, 4) is 0 Å². The van der Waals surface area contributed by atoms with Crippen LogP contribution in [0, 0.1) is 0 Å². The number of carbonyl (C=O) groups excluding carboxylic acids is 2. The van der Waals surface area contributed by atoms with Gasteiger partial charge in [-0.2, -0.15) is 0 Å². The number of unbranched alkanes of at least 4 members (excludes halogenated alkanes) is 33. The molecule has 0 aliphatic carbocycles. The summed E-state index contributed by atoms with van der Waals surface area (Å²) < 4.78 is 16.7. The number of esters is 1. The van der Waals surface area contributed by atoms with E-state index in [1.165, 1.54) is 180 Å². The summed E-state index contributed by atoms with van der Waals surface area (Å²) in [5.41, 5.74) is 0. The van der Waals surface area contributed by atoms with Crippen LogP contribution in [0.15, 0.2) is 85.1 Å². The second-order valence-electron chi connectivity index (χ2n) is 23.5. The van der Waals surface area contributed by atoms with E-state index in [-0.39, 0.29) is 18.5 Å². The monoisotopic (exact) mass is 1170 g/mol. The van der Waals surface area contributed by atoms with Gasteiger partial charge in [-0.25, -0.2) is 0 Å². The molecule has 1 heterocycles. The van der Waals surface area contributed by atoms with E-state index in [1.54, 1.807) is 6.08 Å². The fourth-order valence-corrected chi connectivity index (χ4v) is 10.2. The van der Waals surface area contributed by atoms with Crippen LogP contribution in [-0.4, -0.2) is 100 Å². The van der Waals surface area contributed by atoms with Gasteiger partial charge in [-0.1, -0.05) is 259 Å². The molecule has 83 heavy (non-hydrogen) atoms. The molecule has 11 heteroatoms. The van der Waals surface area contributed by atoms with Crippen molar-refractivity contribution in [1.29, 1.82) is 0 Å². The van der Waals surface area contributed by atoms with Crippen LogP contribution in [0.4, 0.5) is 0 Å². The van der Waals surface area contributed by atoms with E-state index < -0.39 is 49.5 Å². The molecule has 11 nitrogen and oxygen atoms in total. The first-order valence-corrected chi connectivity index (χ1v) is 34.4. The predicted molar refractivity (Wildman–Crippen MR) is 347 cm³/mol. The zero-order chi connectivity index (χ0) is 60.2. The van der Waals surface area contributed by atoms with Crippen LogP contribution in [0.3, 0.4) is 0 Å². The maximum atomic E-state index is 13.0. The minimum atomic E-state index is -1.58. The molecule has 1 aliphatic rings. The number of allylic oxidation sites excluding steroid dienone is 13. The van der Waals surface area contributed by atoms with Crippen LogP contribution in [0.5, 0.6) is 0 Å². The highest BCUT2D eigenvalue weighted by atomic mass is 16.7. The fourth-order valence-electron chi connectivity index (χ4n) is 10.2. The first-order chi connectivity index (χ1) is 40.7. The Balaban J connectivity index is 1.99. The van der Waals surface area contributed by atoms with Crippen LogP contribution >= 0.6 is 0 Å². The van der Waals surface area contributed by atoms with E-state index in [9.17, 15) is 35.1 Å². The first-order valence-electron chi connectivity index (χ1n) is 34.4. The topological polar surface area (TPSA) is 175 Å². The highest BCUT2D eigenvalue weighted by Gasteiger charge is 2.44. The van der Waals surface area contributed by atoms with Crippen LogP contribution in [0.2, 0.25) is 0 Å². The zero-order valence-electron chi connectivity index (χ0n) is 53.1. The Labute approximate surface area is 508 Å². The van der Waals surface area contributed by atoms with Crippen LogP contribution < -0.4 is 5.32 Å². The molecule has 0 aromatic carbocycles. The standard InChI is InChI=1S/C72H127NO10/c1-3-5-7-9-11-13-15-17-36-40-44-48-52-56-60-68(77)81-61-57-53-49-45-41-37-34-32-30-28-26-24-22-20-18-19-21-23-25-27-29-31-33-35-39-43-47-51-55-59-67(76)73-64(63-82-72-71(80)70(79)69(78)66(62-74)83-72)65(75)58-54-50-46-42-38-16-14-12-10-8-6-4-2/h9-12,15,17-18,20,24,26,38,42,54,58,64-66,69-72,74-75,78-80H,3-8,13-14,16,19,21-23,25,27-37,39-41,43-53,55-57,59-63H2,1-2H3,(H,73,76)/b11-9-,12-10+,17-15-,20-18-,26-24-,42-38+,58-54+. The van der Waals surface area contributed by atoms with Crippen molar-refractivity contribution in [3.63, 3.8) is 0 Å². The Hall–Kier alpha value is -3.16. The van der Waals surface area contributed by atoms with Gasteiger partial charge in [-0.3, -0.25) is 9.59 Å². The molecule has 1 saturated heterocycles. The molecule has 1 fully saturated rings. The third-order valence-corrected chi connectivity index (χ3v) is 15.7. The second kappa shape index (κ2) is 60.5. The molecular weight excluding hydrogens is 1040 g/mol. The van der Waals surface area contributed by atoms with Crippen LogP contribution in [0.25, 0.3) is 0 Å². The van der Waals surface area contributed by atoms with Gasteiger partial charge < -0.3 is 45.1 Å². The van der Waals surface area contributed by atoms with E-state index in [4.69, 9.17) is 14.2 Å². The molecule has 6 N–H and O–H groups in total. The van der Waals surface area contributed by atoms with Gasteiger partial charge in [0.25, 0.3) is 0 Å². The van der Waals surface area contributed by atoms with Gasteiger partial charge in [0.05, 0.1) is 32.0 Å². The van der Waals surface area contributed by atoms with Crippen LogP contribution in [0.1, 0.15) is 296 Å². The summed E-state index contributed by atoms with van der Waals surface area (Å²) in [6, 6.07) is -0.837. The van der Waals surface area contributed by atoms with Crippen molar-refractivity contribution < 1.29 is 49.3 Å². The SMILES string of the molecule is CCCC/C=C\C/C=C\CCCCCCCC(=O)OCCCCCCCCCCC/C=C\C/C=C\CCCCCCCCCCCCCCCC(=O)NC(COC1OC(CO)C(O)C(O)C1O)C(O)/C=C/CC/C=C/CC/C=C/CCCC. The summed E-state index contributed by atoms with van der Waals surface area (Å²) in [4.78, 5) is 25.1. The van der Waals surface area contributed by atoms with Gasteiger partial charge in [-0.15, -0.1) is 0 Å². The molecule has 7 unspecified atom stereocenters. The van der Waals surface area contributed by atoms with Crippen molar-refractivity contribution in [3.05, 3.63) is 85.1 Å². The number of nitrogens with one attached hydrogen (secondary N) is 1. The summed E-state index contributed by atoms with van der Waals surface area (Å²) in [6.07, 6.45) is 72.8. The van der Waals surface area contributed by atoms with Gasteiger partial charge in [0.1, 0.15) is 24.4 Å². The lowest BCUT2D eigenvalue weighted by molar-refractivity contribution is -0.302. The molecule has 480 valence electrons. The third-order valence-electron chi connectivity index (χ3n) is 15.7. The number of carbonyl (C=O) groups is 2. The van der Waals surface area contributed by atoms with Gasteiger partial charge in [0, 0.05) is 12.8 Å². The summed E-state index contributed by atoms with van der Waals surface area (Å²) in [6.45, 7) is 4.23. The first kappa shape index (κ1) is 77.9. The Morgan fingerprint density at radius 1 is 0.446 bits per heavy atom. The number of hydrogen-bond acceptors (Lipinski definition) is 10. The van der Waals surface area contributed by atoms with Crippen molar-refractivity contribution in [1.82, 2.24) is 5.32 Å². The van der Waals surface area contributed by atoms with Crippen LogP contribution in [-0.2, 0) is 23.8 Å². The molecule has 0 aromatic heterocycles. The largest absolute Gasteiger partial charge is 0.466 e. The fraction of sp³-hybridized carbons (Fsp3) is 0.778. The summed E-state index contributed by atoms with van der Waals surface area (Å²) >= 11 is 0. The number of amides is 1. The molecular formula is C72H127NO10. The smallest absolute Gasteiger partial charge is 0.305 e. The van der Waals surface area contributed by atoms with E-state index in [0.29, 0.717) is 19.4 Å². The molecule has 0 bridgehead atoms. The van der Waals surface area contributed by atoms with E-state index in [0.717, 1.165) is 89.9 Å². The molecule has 0 spiro atoms. The Kier molecular flexibility index (Phi) is 56.8. The maximum absolute atomic E-state index is 13.0. The number of rotatable bonds is 59. The molecule has 0 saturated carbocycles. The second-order valence-corrected chi connectivity index (χ2v) is 23.5. The number of aliphatic hydroxyl groups is 5. The highest BCUT2D eigenvalue weighted by molar-refractivity contribution is 5.76. The van der Waals surface area contributed by atoms with Gasteiger partial charge in [-0.05, 0) is 109 Å². The Bertz CT molecular complexity index is 1650. The van der Waals surface area contributed by atoms with E-state index >= 15 is 0 Å². The lowest BCUT2D eigenvalue weighted by Crippen LogP contribution is -2.60. The molecule has 1 rings (SSSR count). The Morgan fingerprint density at radius 3 is 1.27 bits per heavy atom. The molecule has 1 amide bonds. The highest BCUT2D eigenvalue weighted by Crippen LogP contribution is 2.23. The summed E-state index contributed by atoms with van der Waals surface area (Å²) in [5, 5.41) is 54.4. The number of aliphatic hydroxyl groups excluding tert-OH is 5. The minimum Gasteiger partial charge on any atom is -0.466 e. The third kappa shape index (κ3) is 49.6. The lowest BCUT2D eigenvalue weighted by atomic mass is 9.99. The molecule has 0 radical (unpaired) electrons. The van der Waals surface area contributed by atoms with Gasteiger partial charge in [0.15, 0.2) is 6.29 Å². The van der Waals surface area contributed by atoms with Crippen molar-refractivity contribution in [2.45, 2.75) is 339 Å². The summed E-state index contributed by atoms with van der Waals surface area (Å²) in [7, 11) is 0. The molecule has 7 atom stereocenters. The molecule has 1 aliphatic heterocycles.